The van der Waals surface area contributed by atoms with Gasteiger partial charge in [0.15, 0.2) is 0 Å². The van der Waals surface area contributed by atoms with E-state index in [1.165, 1.54) is 0 Å². The number of anilines is 1. The molecule has 1 heterocycles. The van der Waals surface area contributed by atoms with Crippen LogP contribution in [0.2, 0.25) is 0 Å². The molecule has 0 unspecified atom stereocenters. The molecule has 3 N–H and O–H groups in total. The standard InChI is InChI=1S/C11H18N2OS/c1-3-11(14,4-2)8-15-10-5-6-13-7-9(10)12/h5-7,14H,3-4,8,12H2,1-2H3. The third-order valence-electron chi connectivity index (χ3n) is 2.62. The van der Waals surface area contributed by atoms with Gasteiger partial charge in [0.05, 0.1) is 17.5 Å². The molecule has 1 aromatic rings. The number of rotatable bonds is 5. The Bertz CT molecular complexity index is 313. The van der Waals surface area contributed by atoms with E-state index < -0.39 is 5.60 Å². The van der Waals surface area contributed by atoms with Crippen molar-refractivity contribution in [1.29, 1.82) is 0 Å². The average Bonchev–Trinajstić information content (AvgIpc) is 2.28. The van der Waals surface area contributed by atoms with Crippen molar-refractivity contribution < 1.29 is 5.11 Å². The fraction of sp³-hybridized carbons (Fsp3) is 0.545. The molecule has 1 rings (SSSR count). The van der Waals surface area contributed by atoms with Crippen molar-refractivity contribution in [3.63, 3.8) is 0 Å². The van der Waals surface area contributed by atoms with Gasteiger partial charge in [-0.05, 0) is 18.9 Å². The summed E-state index contributed by atoms with van der Waals surface area (Å²) in [4.78, 5) is 4.92. The third kappa shape index (κ3) is 3.39. The number of nitrogens with two attached hydrogens (primary N) is 1. The van der Waals surface area contributed by atoms with Gasteiger partial charge in [0.2, 0.25) is 0 Å². The Morgan fingerprint density at radius 1 is 1.47 bits per heavy atom. The number of aliphatic hydroxyl groups is 1. The zero-order chi connectivity index (χ0) is 11.3. The maximum atomic E-state index is 10.1. The Hall–Kier alpha value is -0.740. The highest BCUT2D eigenvalue weighted by Gasteiger charge is 2.22. The van der Waals surface area contributed by atoms with E-state index in [9.17, 15) is 5.11 Å². The van der Waals surface area contributed by atoms with Gasteiger partial charge in [0, 0.05) is 16.8 Å². The van der Waals surface area contributed by atoms with E-state index in [0.29, 0.717) is 11.4 Å². The van der Waals surface area contributed by atoms with Crippen molar-refractivity contribution in [1.82, 2.24) is 4.98 Å². The molecule has 0 aromatic carbocycles. The van der Waals surface area contributed by atoms with Gasteiger partial charge < -0.3 is 10.8 Å². The fourth-order valence-corrected chi connectivity index (χ4v) is 2.40. The van der Waals surface area contributed by atoms with Crippen LogP contribution in [0.3, 0.4) is 0 Å². The molecule has 0 atom stereocenters. The van der Waals surface area contributed by atoms with Gasteiger partial charge in [-0.15, -0.1) is 11.8 Å². The van der Waals surface area contributed by atoms with Gasteiger partial charge in [0.25, 0.3) is 0 Å². The lowest BCUT2D eigenvalue weighted by molar-refractivity contribution is 0.0572. The van der Waals surface area contributed by atoms with Crippen LogP contribution in [0.15, 0.2) is 23.4 Å². The summed E-state index contributed by atoms with van der Waals surface area (Å²) in [6.07, 6.45) is 4.89. The highest BCUT2D eigenvalue weighted by Crippen LogP contribution is 2.29. The van der Waals surface area contributed by atoms with Gasteiger partial charge in [0.1, 0.15) is 0 Å². The van der Waals surface area contributed by atoms with Gasteiger partial charge >= 0.3 is 0 Å². The Morgan fingerprint density at radius 3 is 2.67 bits per heavy atom. The van der Waals surface area contributed by atoms with Crippen LogP contribution in [0.25, 0.3) is 0 Å². The molecule has 0 aliphatic heterocycles. The molecule has 0 aliphatic carbocycles. The summed E-state index contributed by atoms with van der Waals surface area (Å²) in [7, 11) is 0. The van der Waals surface area contributed by atoms with E-state index in [1.807, 2.05) is 19.9 Å². The molecule has 0 aliphatic rings. The van der Waals surface area contributed by atoms with Crippen LogP contribution in [0.1, 0.15) is 26.7 Å². The zero-order valence-corrected chi connectivity index (χ0v) is 10.0. The van der Waals surface area contributed by atoms with E-state index in [2.05, 4.69) is 4.98 Å². The van der Waals surface area contributed by atoms with E-state index in [1.54, 1.807) is 24.2 Å². The second kappa shape index (κ2) is 5.37. The molecule has 4 heteroatoms. The molecule has 84 valence electrons. The van der Waals surface area contributed by atoms with Crippen LogP contribution in [0, 0.1) is 0 Å². The third-order valence-corrected chi connectivity index (χ3v) is 3.99. The Balaban J connectivity index is 2.61. The second-order valence-corrected chi connectivity index (χ2v) is 4.65. The lowest BCUT2D eigenvalue weighted by Crippen LogP contribution is -2.29. The molecule has 1 aromatic heterocycles. The number of thioether (sulfide) groups is 1. The Kier molecular flexibility index (Phi) is 4.42. The first-order valence-electron chi connectivity index (χ1n) is 5.16. The van der Waals surface area contributed by atoms with Gasteiger partial charge in [-0.2, -0.15) is 0 Å². The second-order valence-electron chi connectivity index (χ2n) is 3.63. The van der Waals surface area contributed by atoms with Crippen molar-refractivity contribution in [2.75, 3.05) is 11.5 Å². The molecule has 15 heavy (non-hydrogen) atoms. The minimum atomic E-state index is -0.583. The van der Waals surface area contributed by atoms with Crippen molar-refractivity contribution in [3.05, 3.63) is 18.5 Å². The summed E-state index contributed by atoms with van der Waals surface area (Å²) < 4.78 is 0. The number of pyridine rings is 1. The smallest absolute Gasteiger partial charge is 0.0736 e. The molecule has 0 saturated heterocycles. The van der Waals surface area contributed by atoms with Gasteiger partial charge in [-0.1, -0.05) is 13.8 Å². The lowest BCUT2D eigenvalue weighted by atomic mass is 10.0. The van der Waals surface area contributed by atoms with E-state index in [0.717, 1.165) is 17.7 Å². The van der Waals surface area contributed by atoms with Gasteiger partial charge in [-0.3, -0.25) is 4.98 Å². The first-order chi connectivity index (χ1) is 7.11. The number of nitrogens with zero attached hydrogens (tertiary/aromatic N) is 1. The normalized spacial score (nSPS) is 11.7. The van der Waals surface area contributed by atoms with Crippen LogP contribution < -0.4 is 5.73 Å². The van der Waals surface area contributed by atoms with Gasteiger partial charge in [-0.25, -0.2) is 0 Å². The maximum absolute atomic E-state index is 10.1. The summed E-state index contributed by atoms with van der Waals surface area (Å²) in [5.41, 5.74) is 5.86. The topological polar surface area (TPSA) is 59.1 Å². The summed E-state index contributed by atoms with van der Waals surface area (Å²) >= 11 is 1.59. The molecule has 0 bridgehead atoms. The monoisotopic (exact) mass is 226 g/mol. The van der Waals surface area contributed by atoms with Crippen LogP contribution in [-0.4, -0.2) is 21.4 Å². The van der Waals surface area contributed by atoms with E-state index >= 15 is 0 Å². The van der Waals surface area contributed by atoms with Crippen molar-refractivity contribution in [2.45, 2.75) is 37.2 Å². The van der Waals surface area contributed by atoms with Crippen molar-refractivity contribution >= 4 is 17.4 Å². The highest BCUT2D eigenvalue weighted by molar-refractivity contribution is 7.99. The SMILES string of the molecule is CCC(O)(CC)CSc1ccncc1N. The number of hydrogen-bond acceptors (Lipinski definition) is 4. The molecule has 0 spiro atoms. The Morgan fingerprint density at radius 2 is 2.13 bits per heavy atom. The molecule has 0 amide bonds. The van der Waals surface area contributed by atoms with Crippen LogP contribution in [-0.2, 0) is 0 Å². The molecule has 0 saturated carbocycles. The van der Waals surface area contributed by atoms with Crippen LogP contribution in [0.5, 0.6) is 0 Å². The summed E-state index contributed by atoms with van der Waals surface area (Å²) in [6.45, 7) is 4.00. The number of hydrogen-bond donors (Lipinski definition) is 2. The first-order valence-corrected chi connectivity index (χ1v) is 6.14. The largest absolute Gasteiger partial charge is 0.397 e. The summed E-state index contributed by atoms with van der Waals surface area (Å²) in [5.74, 6) is 0.675. The van der Waals surface area contributed by atoms with E-state index in [4.69, 9.17) is 5.73 Å². The summed E-state index contributed by atoms with van der Waals surface area (Å²) in [5, 5.41) is 10.1. The Labute approximate surface area is 95.1 Å². The van der Waals surface area contributed by atoms with Crippen molar-refractivity contribution in [3.8, 4) is 0 Å². The average molecular weight is 226 g/mol. The van der Waals surface area contributed by atoms with Crippen LogP contribution in [0.4, 0.5) is 5.69 Å². The van der Waals surface area contributed by atoms with E-state index in [-0.39, 0.29) is 0 Å². The molecule has 3 nitrogen and oxygen atoms in total. The predicted molar refractivity (Wildman–Crippen MR) is 64.9 cm³/mol. The first kappa shape index (κ1) is 12.3. The fourth-order valence-electron chi connectivity index (χ4n) is 1.19. The molecule has 0 fully saturated rings. The highest BCUT2D eigenvalue weighted by atomic mass is 32.2. The summed E-state index contributed by atoms with van der Waals surface area (Å²) in [6, 6.07) is 1.88. The van der Waals surface area contributed by atoms with Crippen molar-refractivity contribution in [2.24, 2.45) is 0 Å². The quantitative estimate of drug-likeness (QED) is 0.756. The van der Waals surface area contributed by atoms with Crippen LogP contribution >= 0.6 is 11.8 Å². The molecular weight excluding hydrogens is 208 g/mol. The number of aromatic nitrogens is 1. The molecule has 0 radical (unpaired) electrons. The minimum Gasteiger partial charge on any atom is -0.397 e. The maximum Gasteiger partial charge on any atom is 0.0736 e. The minimum absolute atomic E-state index is 0.583. The predicted octanol–water partition coefficient (Wildman–Crippen LogP) is 2.31. The molecular formula is C11H18N2OS. The zero-order valence-electron chi connectivity index (χ0n) is 9.23. The number of nitrogen functional groups attached to an aromatic ring is 1. The lowest BCUT2D eigenvalue weighted by Gasteiger charge is -2.24.